The van der Waals surface area contributed by atoms with Crippen molar-refractivity contribution in [3.05, 3.63) is 18.2 Å². The topological polar surface area (TPSA) is 47.7 Å². The van der Waals surface area contributed by atoms with Gasteiger partial charge in [0.05, 0.1) is 12.3 Å². The van der Waals surface area contributed by atoms with Crippen molar-refractivity contribution >= 4 is 11.4 Å². The van der Waals surface area contributed by atoms with Gasteiger partial charge < -0.3 is 20.1 Å². The summed E-state index contributed by atoms with van der Waals surface area (Å²) in [5, 5.41) is 0. The van der Waals surface area contributed by atoms with Crippen LogP contribution in [0.1, 0.15) is 19.8 Å². The quantitative estimate of drug-likeness (QED) is 0.570. The first-order valence-corrected chi connectivity index (χ1v) is 6.42. The van der Waals surface area contributed by atoms with Crippen molar-refractivity contribution in [2.45, 2.75) is 19.8 Å². The van der Waals surface area contributed by atoms with Crippen LogP contribution in [0.25, 0.3) is 0 Å². The molecule has 4 nitrogen and oxygen atoms in total. The van der Waals surface area contributed by atoms with Crippen molar-refractivity contribution in [1.29, 1.82) is 0 Å². The molecular weight excluding hydrogens is 228 g/mol. The molecule has 0 aromatic heterocycles. The number of nitrogen functional groups attached to an aromatic ring is 1. The number of benzene rings is 1. The van der Waals surface area contributed by atoms with Gasteiger partial charge in [-0.15, -0.1) is 0 Å². The van der Waals surface area contributed by atoms with Gasteiger partial charge in [0.15, 0.2) is 0 Å². The number of hydrogen-bond donors (Lipinski definition) is 1. The van der Waals surface area contributed by atoms with Gasteiger partial charge in [-0.1, -0.05) is 13.3 Å². The molecular formula is C14H24N2O2. The van der Waals surface area contributed by atoms with Gasteiger partial charge in [0.2, 0.25) is 0 Å². The van der Waals surface area contributed by atoms with Crippen LogP contribution in [0.5, 0.6) is 5.75 Å². The highest BCUT2D eigenvalue weighted by atomic mass is 16.5. The van der Waals surface area contributed by atoms with Crippen molar-refractivity contribution in [2.24, 2.45) is 0 Å². The standard InChI is InChI=1S/C14H24N2O2/c1-4-5-8-17-9-10-18-14-11-12(16(2)3)6-7-13(14)15/h6-7,11H,4-5,8-10,15H2,1-3H3. The minimum absolute atomic E-state index is 0.533. The minimum atomic E-state index is 0.533. The van der Waals surface area contributed by atoms with E-state index >= 15 is 0 Å². The Kier molecular flexibility index (Phi) is 6.36. The highest BCUT2D eigenvalue weighted by molar-refractivity contribution is 5.61. The predicted molar refractivity (Wildman–Crippen MR) is 76.4 cm³/mol. The van der Waals surface area contributed by atoms with Gasteiger partial charge in [0.1, 0.15) is 12.4 Å². The SMILES string of the molecule is CCCCOCCOc1cc(N(C)C)ccc1N. The van der Waals surface area contributed by atoms with E-state index in [1.807, 2.05) is 37.2 Å². The zero-order valence-electron chi connectivity index (χ0n) is 11.6. The molecule has 0 unspecified atom stereocenters. The third-order valence-corrected chi connectivity index (χ3v) is 2.64. The molecule has 4 heteroatoms. The number of hydrogen-bond acceptors (Lipinski definition) is 4. The van der Waals surface area contributed by atoms with Crippen molar-refractivity contribution in [1.82, 2.24) is 0 Å². The molecule has 1 aromatic carbocycles. The Morgan fingerprint density at radius 3 is 2.61 bits per heavy atom. The average molecular weight is 252 g/mol. The fourth-order valence-electron chi connectivity index (χ4n) is 1.49. The summed E-state index contributed by atoms with van der Waals surface area (Å²) in [6.45, 7) is 4.08. The molecule has 1 rings (SSSR count). The van der Waals surface area contributed by atoms with Crippen LogP contribution in [0.3, 0.4) is 0 Å². The second-order valence-corrected chi connectivity index (χ2v) is 4.43. The van der Waals surface area contributed by atoms with Gasteiger partial charge in [-0.05, 0) is 18.6 Å². The van der Waals surface area contributed by atoms with E-state index in [0.29, 0.717) is 18.9 Å². The maximum Gasteiger partial charge on any atom is 0.144 e. The molecule has 0 aliphatic heterocycles. The first-order valence-electron chi connectivity index (χ1n) is 6.42. The van der Waals surface area contributed by atoms with Crippen LogP contribution in [0.4, 0.5) is 11.4 Å². The molecule has 0 heterocycles. The lowest BCUT2D eigenvalue weighted by Gasteiger charge is -2.15. The molecule has 0 saturated heterocycles. The molecule has 0 fully saturated rings. The van der Waals surface area contributed by atoms with Crippen molar-refractivity contribution in [3.8, 4) is 5.75 Å². The summed E-state index contributed by atoms with van der Waals surface area (Å²) in [4.78, 5) is 2.02. The number of ether oxygens (including phenoxy) is 2. The van der Waals surface area contributed by atoms with E-state index in [4.69, 9.17) is 15.2 Å². The highest BCUT2D eigenvalue weighted by Gasteiger charge is 2.03. The highest BCUT2D eigenvalue weighted by Crippen LogP contribution is 2.26. The monoisotopic (exact) mass is 252 g/mol. The normalized spacial score (nSPS) is 10.4. The summed E-state index contributed by atoms with van der Waals surface area (Å²) in [5.74, 6) is 0.722. The number of nitrogens with zero attached hydrogens (tertiary/aromatic N) is 1. The molecule has 0 saturated carbocycles. The van der Waals surface area contributed by atoms with Gasteiger partial charge in [0, 0.05) is 32.5 Å². The molecule has 0 radical (unpaired) electrons. The molecule has 0 bridgehead atoms. The van der Waals surface area contributed by atoms with Crippen LogP contribution in [-0.2, 0) is 4.74 Å². The van der Waals surface area contributed by atoms with Crippen LogP contribution in [0.15, 0.2) is 18.2 Å². The molecule has 0 aliphatic carbocycles. The maximum absolute atomic E-state index is 5.87. The first-order chi connectivity index (χ1) is 8.65. The largest absolute Gasteiger partial charge is 0.489 e. The number of anilines is 2. The lowest BCUT2D eigenvalue weighted by atomic mass is 10.2. The van der Waals surface area contributed by atoms with Crippen LogP contribution >= 0.6 is 0 Å². The smallest absolute Gasteiger partial charge is 0.144 e. The van der Waals surface area contributed by atoms with Crippen LogP contribution in [0, 0.1) is 0 Å². The Labute approximate surface area is 110 Å². The molecule has 0 spiro atoms. The molecule has 2 N–H and O–H groups in total. The summed E-state index contributed by atoms with van der Waals surface area (Å²) in [6, 6.07) is 5.78. The van der Waals surface area contributed by atoms with E-state index in [1.54, 1.807) is 0 Å². The minimum Gasteiger partial charge on any atom is -0.489 e. The Bertz CT molecular complexity index is 354. The van der Waals surface area contributed by atoms with Crippen molar-refractivity contribution < 1.29 is 9.47 Å². The molecule has 1 aromatic rings. The van der Waals surface area contributed by atoms with Gasteiger partial charge >= 0.3 is 0 Å². The number of unbranched alkanes of at least 4 members (excludes halogenated alkanes) is 1. The van der Waals surface area contributed by atoms with E-state index in [-0.39, 0.29) is 0 Å². The van der Waals surface area contributed by atoms with Crippen LogP contribution in [-0.4, -0.2) is 33.9 Å². The molecule has 0 aliphatic rings. The fourth-order valence-corrected chi connectivity index (χ4v) is 1.49. The second kappa shape index (κ2) is 7.82. The van der Waals surface area contributed by atoms with Gasteiger partial charge in [-0.2, -0.15) is 0 Å². The van der Waals surface area contributed by atoms with Gasteiger partial charge in [0.25, 0.3) is 0 Å². The van der Waals surface area contributed by atoms with E-state index in [1.165, 1.54) is 0 Å². The lowest BCUT2D eigenvalue weighted by Crippen LogP contribution is -2.11. The predicted octanol–water partition coefficient (Wildman–Crippen LogP) is 2.53. The first kappa shape index (κ1) is 14.6. The summed E-state index contributed by atoms with van der Waals surface area (Å²) in [6.07, 6.45) is 2.25. The molecule has 0 atom stereocenters. The zero-order valence-corrected chi connectivity index (χ0v) is 11.6. The van der Waals surface area contributed by atoms with Crippen molar-refractivity contribution in [3.63, 3.8) is 0 Å². The summed E-state index contributed by atoms with van der Waals surface area (Å²) in [7, 11) is 3.98. The van der Waals surface area contributed by atoms with Gasteiger partial charge in [-0.3, -0.25) is 0 Å². The summed E-state index contributed by atoms with van der Waals surface area (Å²) < 4.78 is 11.1. The zero-order chi connectivity index (χ0) is 13.4. The fraction of sp³-hybridized carbons (Fsp3) is 0.571. The Balaban J connectivity index is 2.39. The lowest BCUT2D eigenvalue weighted by molar-refractivity contribution is 0.0983. The molecule has 0 amide bonds. The molecule has 18 heavy (non-hydrogen) atoms. The third-order valence-electron chi connectivity index (χ3n) is 2.64. The summed E-state index contributed by atoms with van der Waals surface area (Å²) in [5.41, 5.74) is 7.60. The van der Waals surface area contributed by atoms with Gasteiger partial charge in [-0.25, -0.2) is 0 Å². The van der Waals surface area contributed by atoms with E-state index < -0.39 is 0 Å². The maximum atomic E-state index is 5.87. The number of rotatable bonds is 8. The Morgan fingerprint density at radius 2 is 1.94 bits per heavy atom. The second-order valence-electron chi connectivity index (χ2n) is 4.43. The van der Waals surface area contributed by atoms with E-state index in [0.717, 1.165) is 30.9 Å². The summed E-state index contributed by atoms with van der Waals surface area (Å²) >= 11 is 0. The van der Waals surface area contributed by atoms with E-state index in [2.05, 4.69) is 6.92 Å². The molecule has 102 valence electrons. The van der Waals surface area contributed by atoms with Crippen LogP contribution < -0.4 is 15.4 Å². The number of nitrogens with two attached hydrogens (primary N) is 1. The van der Waals surface area contributed by atoms with Crippen molar-refractivity contribution in [2.75, 3.05) is 44.5 Å². The third kappa shape index (κ3) is 4.84. The van der Waals surface area contributed by atoms with E-state index in [9.17, 15) is 0 Å². The average Bonchev–Trinajstić information content (AvgIpc) is 2.35. The Morgan fingerprint density at radius 1 is 1.17 bits per heavy atom. The Hall–Kier alpha value is -1.42. The van der Waals surface area contributed by atoms with Crippen LogP contribution in [0.2, 0.25) is 0 Å².